The lowest BCUT2D eigenvalue weighted by atomic mass is 10.2. The van der Waals surface area contributed by atoms with Crippen molar-refractivity contribution in [2.75, 3.05) is 37.4 Å². The molecule has 0 saturated carbocycles. The number of nitrogens with two attached hydrogens (primary N) is 1. The van der Waals surface area contributed by atoms with Crippen molar-refractivity contribution in [2.45, 2.75) is 27.2 Å². The van der Waals surface area contributed by atoms with E-state index in [1.165, 1.54) is 0 Å². The molecule has 6 nitrogen and oxygen atoms in total. The van der Waals surface area contributed by atoms with Crippen LogP contribution in [0.1, 0.15) is 37.6 Å². The van der Waals surface area contributed by atoms with Crippen LogP contribution in [0.25, 0.3) is 0 Å². The van der Waals surface area contributed by atoms with Gasteiger partial charge < -0.3 is 20.5 Å². The average molecular weight is 295 g/mol. The maximum atomic E-state index is 11.7. The van der Waals surface area contributed by atoms with Crippen molar-refractivity contribution in [3.8, 4) is 0 Å². The summed E-state index contributed by atoms with van der Waals surface area (Å²) in [6.07, 6.45) is 2.39. The maximum absolute atomic E-state index is 11.7. The van der Waals surface area contributed by atoms with E-state index in [1.807, 2.05) is 0 Å². The van der Waals surface area contributed by atoms with E-state index in [2.05, 4.69) is 24.1 Å². The fraction of sp³-hybridized carbons (Fsp3) is 0.600. The van der Waals surface area contributed by atoms with Crippen molar-refractivity contribution in [1.82, 2.24) is 4.98 Å². The zero-order valence-electron chi connectivity index (χ0n) is 13.0. The number of nitrogens with one attached hydrogen (secondary N) is 1. The monoisotopic (exact) mass is 295 g/mol. The van der Waals surface area contributed by atoms with Gasteiger partial charge in [-0.25, -0.2) is 9.78 Å². The third-order valence-electron chi connectivity index (χ3n) is 2.69. The molecule has 1 aromatic heterocycles. The van der Waals surface area contributed by atoms with Gasteiger partial charge in [-0.05, 0) is 25.3 Å². The lowest BCUT2D eigenvalue weighted by Gasteiger charge is -2.11. The summed E-state index contributed by atoms with van der Waals surface area (Å²) in [4.78, 5) is 15.9. The highest BCUT2D eigenvalue weighted by molar-refractivity contribution is 5.97. The highest BCUT2D eigenvalue weighted by atomic mass is 16.5. The van der Waals surface area contributed by atoms with E-state index in [9.17, 15) is 4.79 Å². The predicted octanol–water partition coefficient (Wildman–Crippen LogP) is 2.32. The molecule has 0 radical (unpaired) electrons. The van der Waals surface area contributed by atoms with Gasteiger partial charge in [0.15, 0.2) is 0 Å². The van der Waals surface area contributed by atoms with Gasteiger partial charge in [0.05, 0.1) is 17.9 Å². The third kappa shape index (κ3) is 5.99. The number of hydrogen-bond donors (Lipinski definition) is 2. The molecule has 1 aromatic rings. The number of pyridine rings is 1. The molecule has 0 amide bonds. The molecule has 0 aliphatic carbocycles. The predicted molar refractivity (Wildman–Crippen MR) is 83.4 cm³/mol. The van der Waals surface area contributed by atoms with Crippen LogP contribution in [0, 0.1) is 5.92 Å². The number of esters is 1. The lowest BCUT2D eigenvalue weighted by Crippen LogP contribution is -2.13. The van der Waals surface area contributed by atoms with E-state index in [1.54, 1.807) is 19.2 Å². The van der Waals surface area contributed by atoms with Gasteiger partial charge in [-0.1, -0.05) is 13.8 Å². The molecule has 21 heavy (non-hydrogen) atoms. The van der Waals surface area contributed by atoms with Gasteiger partial charge in [0.1, 0.15) is 5.82 Å². The number of carbonyl (C=O) groups is 1. The van der Waals surface area contributed by atoms with Gasteiger partial charge >= 0.3 is 5.97 Å². The molecule has 0 aliphatic heterocycles. The van der Waals surface area contributed by atoms with Crippen molar-refractivity contribution in [1.29, 1.82) is 0 Å². The molecule has 118 valence electrons. The molecule has 1 rings (SSSR count). The molecular weight excluding hydrogens is 270 g/mol. The summed E-state index contributed by atoms with van der Waals surface area (Å²) in [6.45, 7) is 8.43. The highest BCUT2D eigenvalue weighted by Crippen LogP contribution is 2.20. The van der Waals surface area contributed by atoms with Crippen LogP contribution < -0.4 is 11.1 Å². The maximum Gasteiger partial charge on any atom is 0.340 e. The first kappa shape index (κ1) is 17.2. The molecule has 0 bridgehead atoms. The van der Waals surface area contributed by atoms with Crippen molar-refractivity contribution in [2.24, 2.45) is 5.92 Å². The molecule has 0 spiro atoms. The largest absolute Gasteiger partial charge is 0.462 e. The first-order valence-electron chi connectivity index (χ1n) is 7.29. The van der Waals surface area contributed by atoms with Gasteiger partial charge in [-0.2, -0.15) is 0 Å². The van der Waals surface area contributed by atoms with Crippen LogP contribution in [0.4, 0.5) is 11.5 Å². The molecule has 0 atom stereocenters. The Kier molecular flexibility index (Phi) is 7.53. The Balaban J connectivity index is 2.45. The number of nitrogens with zero attached hydrogens (tertiary/aromatic N) is 1. The Morgan fingerprint density at radius 3 is 2.90 bits per heavy atom. The fourth-order valence-corrected chi connectivity index (χ4v) is 1.70. The van der Waals surface area contributed by atoms with E-state index in [4.69, 9.17) is 15.2 Å². The molecule has 0 fully saturated rings. The van der Waals surface area contributed by atoms with Crippen LogP contribution in [-0.2, 0) is 9.47 Å². The summed E-state index contributed by atoms with van der Waals surface area (Å²) in [6, 6.07) is 1.56. The van der Waals surface area contributed by atoms with Crippen LogP contribution in [0.3, 0.4) is 0 Å². The van der Waals surface area contributed by atoms with E-state index in [0.717, 1.165) is 13.0 Å². The number of hydrogen-bond acceptors (Lipinski definition) is 6. The molecule has 3 N–H and O–H groups in total. The number of carbonyl (C=O) groups excluding carboxylic acids is 1. The molecule has 0 saturated heterocycles. The Labute approximate surface area is 126 Å². The van der Waals surface area contributed by atoms with Gasteiger partial charge in [-0.3, -0.25) is 0 Å². The molecular formula is C15H25N3O3. The Morgan fingerprint density at radius 2 is 2.24 bits per heavy atom. The van der Waals surface area contributed by atoms with E-state index in [-0.39, 0.29) is 0 Å². The second-order valence-electron chi connectivity index (χ2n) is 5.09. The van der Waals surface area contributed by atoms with Gasteiger partial charge in [-0.15, -0.1) is 0 Å². The Morgan fingerprint density at radius 1 is 1.48 bits per heavy atom. The Hall–Kier alpha value is -1.82. The summed E-state index contributed by atoms with van der Waals surface area (Å²) in [5.74, 6) is 0.613. The molecule has 0 aliphatic rings. The highest BCUT2D eigenvalue weighted by Gasteiger charge is 2.14. The van der Waals surface area contributed by atoms with E-state index in [0.29, 0.717) is 42.7 Å². The Bertz CT molecular complexity index is 450. The van der Waals surface area contributed by atoms with E-state index < -0.39 is 5.97 Å². The van der Waals surface area contributed by atoms with Crippen molar-refractivity contribution >= 4 is 17.5 Å². The normalized spacial score (nSPS) is 10.7. The van der Waals surface area contributed by atoms with Crippen molar-refractivity contribution in [3.05, 3.63) is 17.8 Å². The minimum atomic E-state index is -0.430. The van der Waals surface area contributed by atoms with Gasteiger partial charge in [0, 0.05) is 26.0 Å². The van der Waals surface area contributed by atoms with Gasteiger partial charge in [0.25, 0.3) is 0 Å². The van der Waals surface area contributed by atoms with Crippen LogP contribution in [-0.4, -0.2) is 37.3 Å². The molecule has 0 aromatic carbocycles. The number of nitrogen functional groups attached to an aromatic ring is 1. The van der Waals surface area contributed by atoms with Crippen LogP contribution in [0.5, 0.6) is 0 Å². The lowest BCUT2D eigenvalue weighted by molar-refractivity contribution is 0.0527. The SMILES string of the molecule is CCOC(=O)c1ccnc(NCCCOCC(C)C)c1N. The second-order valence-corrected chi connectivity index (χ2v) is 5.09. The second kappa shape index (κ2) is 9.18. The van der Waals surface area contributed by atoms with Crippen LogP contribution in [0.2, 0.25) is 0 Å². The summed E-state index contributed by atoms with van der Waals surface area (Å²) in [7, 11) is 0. The summed E-state index contributed by atoms with van der Waals surface area (Å²) >= 11 is 0. The summed E-state index contributed by atoms with van der Waals surface area (Å²) < 4.78 is 10.4. The van der Waals surface area contributed by atoms with Crippen molar-refractivity contribution < 1.29 is 14.3 Å². The molecule has 6 heteroatoms. The van der Waals surface area contributed by atoms with E-state index >= 15 is 0 Å². The standard InChI is InChI=1S/C15H25N3O3/c1-4-21-15(19)12-6-8-18-14(13(12)16)17-7-5-9-20-10-11(2)3/h6,8,11H,4-5,7,9-10,16H2,1-3H3,(H,17,18). The van der Waals surface area contributed by atoms with Crippen LogP contribution >= 0.6 is 0 Å². The zero-order valence-corrected chi connectivity index (χ0v) is 13.0. The number of anilines is 2. The fourth-order valence-electron chi connectivity index (χ4n) is 1.70. The topological polar surface area (TPSA) is 86.5 Å². The van der Waals surface area contributed by atoms with Gasteiger partial charge in [0.2, 0.25) is 0 Å². The minimum absolute atomic E-state index is 0.316. The molecule has 1 heterocycles. The first-order chi connectivity index (χ1) is 10.1. The summed E-state index contributed by atoms with van der Waals surface area (Å²) in [5, 5.41) is 3.11. The number of ether oxygens (including phenoxy) is 2. The van der Waals surface area contributed by atoms with Crippen molar-refractivity contribution in [3.63, 3.8) is 0 Å². The quantitative estimate of drug-likeness (QED) is 0.537. The minimum Gasteiger partial charge on any atom is -0.462 e. The number of aromatic nitrogens is 1. The first-order valence-corrected chi connectivity index (χ1v) is 7.29. The molecule has 0 unspecified atom stereocenters. The van der Waals surface area contributed by atoms with Crippen LogP contribution in [0.15, 0.2) is 12.3 Å². The third-order valence-corrected chi connectivity index (χ3v) is 2.69. The summed E-state index contributed by atoms with van der Waals surface area (Å²) in [5.41, 5.74) is 6.59. The smallest absolute Gasteiger partial charge is 0.340 e. The zero-order chi connectivity index (χ0) is 15.7. The number of rotatable bonds is 9. The average Bonchev–Trinajstić information content (AvgIpc) is 2.44.